The molecule has 4 aliphatic rings. The standard InChI is InChI=1S/C15H26N2/c1-2-6-15(7-3-1)11-16-8-9-17(15)14-5-4-12-10-13(12)14/h12-14,16H,1-11H2. The predicted octanol–water partition coefficient (Wildman–Crippen LogP) is 2.39. The second-order valence-corrected chi connectivity index (χ2v) is 6.96. The van der Waals surface area contributed by atoms with E-state index in [9.17, 15) is 0 Å². The Hall–Kier alpha value is -0.0800. The van der Waals surface area contributed by atoms with Gasteiger partial charge < -0.3 is 5.32 Å². The third kappa shape index (κ3) is 1.67. The van der Waals surface area contributed by atoms with Gasteiger partial charge in [-0.15, -0.1) is 0 Å². The Kier molecular flexibility index (Phi) is 2.52. The number of fused-ring (bicyclic) bond motifs is 1. The van der Waals surface area contributed by atoms with Crippen molar-refractivity contribution in [1.82, 2.24) is 10.2 Å². The average molecular weight is 234 g/mol. The van der Waals surface area contributed by atoms with E-state index in [0.717, 1.165) is 17.9 Å². The third-order valence-electron chi connectivity index (χ3n) is 6.08. The molecule has 4 fully saturated rings. The second-order valence-electron chi connectivity index (χ2n) is 6.96. The van der Waals surface area contributed by atoms with E-state index in [-0.39, 0.29) is 0 Å². The first kappa shape index (κ1) is 10.8. The molecule has 0 radical (unpaired) electrons. The first-order valence-corrected chi connectivity index (χ1v) is 7.87. The van der Waals surface area contributed by atoms with Gasteiger partial charge in [-0.05, 0) is 43.9 Å². The zero-order valence-electron chi connectivity index (χ0n) is 11.0. The largest absolute Gasteiger partial charge is 0.314 e. The molecule has 17 heavy (non-hydrogen) atoms. The van der Waals surface area contributed by atoms with Crippen LogP contribution in [0.4, 0.5) is 0 Å². The molecule has 1 saturated heterocycles. The van der Waals surface area contributed by atoms with Crippen LogP contribution < -0.4 is 5.32 Å². The molecule has 2 nitrogen and oxygen atoms in total. The topological polar surface area (TPSA) is 15.3 Å². The van der Waals surface area contributed by atoms with E-state index in [2.05, 4.69) is 10.2 Å². The highest BCUT2D eigenvalue weighted by Crippen LogP contribution is 2.55. The Balaban J connectivity index is 1.57. The van der Waals surface area contributed by atoms with Gasteiger partial charge in [-0.2, -0.15) is 0 Å². The zero-order valence-corrected chi connectivity index (χ0v) is 11.0. The van der Waals surface area contributed by atoms with Crippen LogP contribution in [0.1, 0.15) is 51.4 Å². The molecule has 0 aromatic carbocycles. The first-order valence-electron chi connectivity index (χ1n) is 7.87. The smallest absolute Gasteiger partial charge is 0.0337 e. The van der Waals surface area contributed by atoms with Gasteiger partial charge in [0.15, 0.2) is 0 Å². The van der Waals surface area contributed by atoms with E-state index in [1.54, 1.807) is 6.42 Å². The molecule has 1 heterocycles. The highest BCUT2D eigenvalue weighted by atomic mass is 15.3. The van der Waals surface area contributed by atoms with Crippen molar-refractivity contribution in [2.45, 2.75) is 62.9 Å². The van der Waals surface area contributed by atoms with Gasteiger partial charge in [-0.25, -0.2) is 0 Å². The molecule has 3 unspecified atom stereocenters. The van der Waals surface area contributed by atoms with E-state index in [1.165, 1.54) is 64.6 Å². The lowest BCUT2D eigenvalue weighted by Gasteiger charge is -2.53. The van der Waals surface area contributed by atoms with Crippen molar-refractivity contribution in [3.05, 3.63) is 0 Å². The summed E-state index contributed by atoms with van der Waals surface area (Å²) in [5.74, 6) is 2.24. The number of piperazine rings is 1. The minimum atomic E-state index is 0.568. The molecule has 0 aromatic heterocycles. The van der Waals surface area contributed by atoms with Crippen LogP contribution in [0.15, 0.2) is 0 Å². The zero-order chi connectivity index (χ0) is 11.3. The van der Waals surface area contributed by atoms with Crippen molar-refractivity contribution in [2.75, 3.05) is 19.6 Å². The highest BCUT2D eigenvalue weighted by Gasteiger charge is 2.54. The summed E-state index contributed by atoms with van der Waals surface area (Å²) >= 11 is 0. The van der Waals surface area contributed by atoms with Gasteiger partial charge in [0.1, 0.15) is 0 Å². The van der Waals surface area contributed by atoms with Gasteiger partial charge >= 0.3 is 0 Å². The maximum atomic E-state index is 3.69. The van der Waals surface area contributed by atoms with Gasteiger partial charge in [0, 0.05) is 31.2 Å². The fraction of sp³-hybridized carbons (Fsp3) is 1.00. The summed E-state index contributed by atoms with van der Waals surface area (Å²) in [6, 6.07) is 0.972. The lowest BCUT2D eigenvalue weighted by Crippen LogP contribution is -2.64. The molecule has 0 aromatic rings. The summed E-state index contributed by atoms with van der Waals surface area (Å²) in [7, 11) is 0. The number of rotatable bonds is 1. The van der Waals surface area contributed by atoms with Crippen molar-refractivity contribution in [3.63, 3.8) is 0 Å². The highest BCUT2D eigenvalue weighted by molar-refractivity contribution is 5.08. The van der Waals surface area contributed by atoms with Crippen molar-refractivity contribution in [2.24, 2.45) is 11.8 Å². The first-order chi connectivity index (χ1) is 8.39. The van der Waals surface area contributed by atoms with Crippen LogP contribution in [-0.4, -0.2) is 36.1 Å². The predicted molar refractivity (Wildman–Crippen MR) is 70.0 cm³/mol. The molecule has 1 aliphatic heterocycles. The summed E-state index contributed by atoms with van der Waals surface area (Å²) in [4.78, 5) is 2.99. The molecule has 1 N–H and O–H groups in total. The van der Waals surface area contributed by atoms with Crippen LogP contribution in [0.25, 0.3) is 0 Å². The summed E-state index contributed by atoms with van der Waals surface area (Å²) in [6.07, 6.45) is 12.0. The SMILES string of the molecule is C1CCC2(CC1)CNCCN2C1CCC2CC21. The maximum Gasteiger partial charge on any atom is 0.0337 e. The van der Waals surface area contributed by atoms with Crippen molar-refractivity contribution in [1.29, 1.82) is 0 Å². The summed E-state index contributed by atoms with van der Waals surface area (Å²) in [6.45, 7) is 3.84. The van der Waals surface area contributed by atoms with Crippen LogP contribution in [0, 0.1) is 11.8 Å². The van der Waals surface area contributed by atoms with Crippen molar-refractivity contribution < 1.29 is 0 Å². The fourth-order valence-electron chi connectivity index (χ4n) is 5.11. The Labute approximate surface area is 105 Å². The Morgan fingerprint density at radius 3 is 2.65 bits per heavy atom. The van der Waals surface area contributed by atoms with Crippen molar-refractivity contribution >= 4 is 0 Å². The molecule has 3 aliphatic carbocycles. The third-order valence-corrected chi connectivity index (χ3v) is 6.08. The van der Waals surface area contributed by atoms with Crippen LogP contribution >= 0.6 is 0 Å². The summed E-state index contributed by atoms with van der Waals surface area (Å²) in [5.41, 5.74) is 0.568. The average Bonchev–Trinajstić information content (AvgIpc) is 3.04. The summed E-state index contributed by atoms with van der Waals surface area (Å²) in [5, 5.41) is 3.69. The molecule has 0 amide bonds. The number of nitrogens with one attached hydrogen (secondary N) is 1. The maximum absolute atomic E-state index is 3.69. The number of nitrogens with zero attached hydrogens (tertiary/aromatic N) is 1. The van der Waals surface area contributed by atoms with E-state index < -0.39 is 0 Å². The fourth-order valence-corrected chi connectivity index (χ4v) is 5.11. The molecular formula is C15H26N2. The molecule has 3 atom stereocenters. The van der Waals surface area contributed by atoms with Crippen LogP contribution in [0.5, 0.6) is 0 Å². The van der Waals surface area contributed by atoms with Gasteiger partial charge in [-0.3, -0.25) is 4.90 Å². The lowest BCUT2D eigenvalue weighted by atomic mass is 9.78. The Morgan fingerprint density at radius 2 is 1.94 bits per heavy atom. The van der Waals surface area contributed by atoms with Crippen LogP contribution in [0.3, 0.4) is 0 Å². The molecule has 0 bridgehead atoms. The minimum absolute atomic E-state index is 0.568. The molecular weight excluding hydrogens is 208 g/mol. The molecule has 3 saturated carbocycles. The Morgan fingerprint density at radius 1 is 1.06 bits per heavy atom. The molecule has 1 spiro atoms. The Bertz CT molecular complexity index is 287. The van der Waals surface area contributed by atoms with Gasteiger partial charge in [-0.1, -0.05) is 19.3 Å². The normalized spacial score (nSPS) is 44.8. The second kappa shape index (κ2) is 3.96. The van der Waals surface area contributed by atoms with E-state index >= 15 is 0 Å². The number of hydrogen-bond donors (Lipinski definition) is 1. The van der Waals surface area contributed by atoms with Crippen LogP contribution in [0.2, 0.25) is 0 Å². The lowest BCUT2D eigenvalue weighted by molar-refractivity contribution is -0.0121. The number of hydrogen-bond acceptors (Lipinski definition) is 2. The van der Waals surface area contributed by atoms with Gasteiger partial charge in [0.25, 0.3) is 0 Å². The minimum Gasteiger partial charge on any atom is -0.314 e. The van der Waals surface area contributed by atoms with E-state index in [4.69, 9.17) is 0 Å². The van der Waals surface area contributed by atoms with E-state index in [1.807, 2.05) is 0 Å². The summed E-state index contributed by atoms with van der Waals surface area (Å²) < 4.78 is 0. The van der Waals surface area contributed by atoms with Crippen LogP contribution in [-0.2, 0) is 0 Å². The molecule has 4 rings (SSSR count). The van der Waals surface area contributed by atoms with Gasteiger partial charge in [0.2, 0.25) is 0 Å². The van der Waals surface area contributed by atoms with E-state index in [0.29, 0.717) is 5.54 Å². The van der Waals surface area contributed by atoms with Gasteiger partial charge in [0.05, 0.1) is 0 Å². The monoisotopic (exact) mass is 234 g/mol. The van der Waals surface area contributed by atoms with Crippen molar-refractivity contribution in [3.8, 4) is 0 Å². The quantitative estimate of drug-likeness (QED) is 0.749. The molecule has 2 heteroatoms. The molecule has 96 valence electrons.